The van der Waals surface area contributed by atoms with E-state index in [-0.39, 0.29) is 11.6 Å². The maximum atomic E-state index is 6.08. The van der Waals surface area contributed by atoms with Crippen LogP contribution in [0.1, 0.15) is 30.3 Å². The second kappa shape index (κ2) is 3.78. The van der Waals surface area contributed by atoms with Crippen molar-refractivity contribution in [1.29, 1.82) is 0 Å². The topological polar surface area (TPSA) is 35.2 Å². The van der Waals surface area contributed by atoms with Crippen molar-refractivity contribution in [1.82, 2.24) is 0 Å². The number of thiophene rings is 1. The molecule has 0 saturated heterocycles. The smallest absolute Gasteiger partial charge is 0.0814 e. The van der Waals surface area contributed by atoms with Gasteiger partial charge >= 0.3 is 0 Å². The SMILES string of the molecule is COC(C)(C)C(N)c1csc(C)c1. The highest BCUT2D eigenvalue weighted by Gasteiger charge is 2.27. The van der Waals surface area contributed by atoms with Gasteiger partial charge in [0, 0.05) is 12.0 Å². The second-order valence-electron chi connectivity index (χ2n) is 3.78. The zero-order valence-electron chi connectivity index (χ0n) is 8.63. The normalized spacial score (nSPS) is 14.5. The fourth-order valence-corrected chi connectivity index (χ4v) is 1.90. The van der Waals surface area contributed by atoms with Crippen molar-refractivity contribution in [2.45, 2.75) is 32.4 Å². The van der Waals surface area contributed by atoms with Crippen LogP contribution < -0.4 is 5.73 Å². The molecule has 1 unspecified atom stereocenters. The Hall–Kier alpha value is -0.380. The fourth-order valence-electron chi connectivity index (χ4n) is 1.16. The third-order valence-corrected chi connectivity index (χ3v) is 3.26. The molecular weight excluding hydrogens is 182 g/mol. The third-order valence-electron chi connectivity index (χ3n) is 2.39. The molecule has 1 aromatic heterocycles. The van der Waals surface area contributed by atoms with Crippen LogP contribution in [0.2, 0.25) is 0 Å². The zero-order chi connectivity index (χ0) is 10.1. The van der Waals surface area contributed by atoms with Crippen molar-refractivity contribution in [2.24, 2.45) is 5.73 Å². The number of nitrogens with two attached hydrogens (primary N) is 1. The lowest BCUT2D eigenvalue weighted by molar-refractivity contribution is 0.0000699. The first-order valence-electron chi connectivity index (χ1n) is 4.33. The first-order chi connectivity index (χ1) is 5.97. The molecule has 1 atom stereocenters. The molecule has 1 rings (SSSR count). The van der Waals surface area contributed by atoms with Crippen molar-refractivity contribution in [2.75, 3.05) is 7.11 Å². The number of hydrogen-bond acceptors (Lipinski definition) is 3. The molecule has 0 bridgehead atoms. The average Bonchev–Trinajstić information content (AvgIpc) is 2.50. The van der Waals surface area contributed by atoms with Crippen LogP contribution in [0.15, 0.2) is 11.4 Å². The molecule has 1 heterocycles. The predicted octanol–water partition coefficient (Wildman–Crippen LogP) is 2.48. The van der Waals surface area contributed by atoms with Crippen molar-refractivity contribution >= 4 is 11.3 Å². The Morgan fingerprint density at radius 1 is 1.54 bits per heavy atom. The summed E-state index contributed by atoms with van der Waals surface area (Å²) >= 11 is 1.72. The van der Waals surface area contributed by atoms with Gasteiger partial charge in [0.2, 0.25) is 0 Å². The van der Waals surface area contributed by atoms with E-state index in [2.05, 4.69) is 18.4 Å². The van der Waals surface area contributed by atoms with Gasteiger partial charge in [-0.15, -0.1) is 11.3 Å². The predicted molar refractivity (Wildman–Crippen MR) is 57.1 cm³/mol. The molecule has 3 heteroatoms. The first kappa shape index (κ1) is 10.7. The zero-order valence-corrected chi connectivity index (χ0v) is 9.44. The van der Waals surface area contributed by atoms with E-state index in [4.69, 9.17) is 10.5 Å². The second-order valence-corrected chi connectivity index (χ2v) is 4.89. The Labute approximate surface area is 83.7 Å². The molecule has 74 valence electrons. The Bertz CT molecular complexity index is 280. The van der Waals surface area contributed by atoms with Crippen LogP contribution in [0.4, 0.5) is 0 Å². The Morgan fingerprint density at radius 2 is 2.15 bits per heavy atom. The first-order valence-corrected chi connectivity index (χ1v) is 5.21. The molecule has 0 fully saturated rings. The Kier molecular flexibility index (Phi) is 3.11. The van der Waals surface area contributed by atoms with Gasteiger partial charge in [0.15, 0.2) is 0 Å². The molecule has 1 aromatic rings. The van der Waals surface area contributed by atoms with Crippen LogP contribution in [-0.4, -0.2) is 12.7 Å². The van der Waals surface area contributed by atoms with E-state index in [1.165, 1.54) is 4.88 Å². The number of rotatable bonds is 3. The average molecular weight is 199 g/mol. The van der Waals surface area contributed by atoms with Gasteiger partial charge in [-0.25, -0.2) is 0 Å². The minimum atomic E-state index is -0.298. The monoisotopic (exact) mass is 199 g/mol. The van der Waals surface area contributed by atoms with Crippen molar-refractivity contribution in [3.63, 3.8) is 0 Å². The van der Waals surface area contributed by atoms with Crippen molar-refractivity contribution in [3.05, 3.63) is 21.9 Å². The van der Waals surface area contributed by atoms with Crippen LogP contribution in [-0.2, 0) is 4.74 Å². The molecular formula is C10H17NOS. The van der Waals surface area contributed by atoms with Gasteiger partial charge in [0.05, 0.1) is 11.6 Å². The summed E-state index contributed by atoms with van der Waals surface area (Å²) < 4.78 is 5.34. The van der Waals surface area contributed by atoms with Gasteiger partial charge in [0.25, 0.3) is 0 Å². The molecule has 0 aliphatic rings. The summed E-state index contributed by atoms with van der Waals surface area (Å²) in [6.45, 7) is 6.09. The van der Waals surface area contributed by atoms with E-state index in [0.717, 1.165) is 5.56 Å². The molecule has 0 aliphatic carbocycles. The molecule has 0 aliphatic heterocycles. The number of methoxy groups -OCH3 is 1. The van der Waals surface area contributed by atoms with E-state index in [9.17, 15) is 0 Å². The van der Waals surface area contributed by atoms with Crippen molar-refractivity contribution in [3.8, 4) is 0 Å². The van der Waals surface area contributed by atoms with Gasteiger partial charge in [-0.05, 0) is 37.8 Å². The van der Waals surface area contributed by atoms with E-state index in [1.807, 2.05) is 13.8 Å². The highest BCUT2D eigenvalue weighted by Crippen LogP contribution is 2.28. The van der Waals surface area contributed by atoms with Crippen LogP contribution in [0.5, 0.6) is 0 Å². The number of hydrogen-bond donors (Lipinski definition) is 1. The van der Waals surface area contributed by atoms with Gasteiger partial charge in [0.1, 0.15) is 0 Å². The summed E-state index contributed by atoms with van der Waals surface area (Å²) in [5.74, 6) is 0. The summed E-state index contributed by atoms with van der Waals surface area (Å²) in [6, 6.07) is 2.07. The lowest BCUT2D eigenvalue weighted by Crippen LogP contribution is -2.36. The fraction of sp³-hybridized carbons (Fsp3) is 0.600. The Morgan fingerprint density at radius 3 is 2.54 bits per heavy atom. The Balaban J connectivity index is 2.84. The van der Waals surface area contributed by atoms with Crippen molar-refractivity contribution < 1.29 is 4.74 Å². The van der Waals surface area contributed by atoms with E-state index in [0.29, 0.717) is 0 Å². The van der Waals surface area contributed by atoms with Crippen LogP contribution >= 0.6 is 11.3 Å². The summed E-state index contributed by atoms with van der Waals surface area (Å²) in [6.07, 6.45) is 0. The molecule has 13 heavy (non-hydrogen) atoms. The number of aryl methyl sites for hydroxylation is 1. The molecule has 0 radical (unpaired) electrons. The maximum absolute atomic E-state index is 6.08. The maximum Gasteiger partial charge on any atom is 0.0814 e. The minimum Gasteiger partial charge on any atom is -0.377 e. The summed E-state index contributed by atoms with van der Waals surface area (Å²) in [5, 5.41) is 2.10. The van der Waals surface area contributed by atoms with Gasteiger partial charge in [-0.2, -0.15) is 0 Å². The van der Waals surface area contributed by atoms with Gasteiger partial charge < -0.3 is 10.5 Å². The third kappa shape index (κ3) is 2.30. The molecule has 0 spiro atoms. The minimum absolute atomic E-state index is 0.0533. The van der Waals surface area contributed by atoms with E-state index >= 15 is 0 Å². The standard InChI is InChI=1S/C10H17NOS/c1-7-5-8(6-13-7)9(11)10(2,3)12-4/h5-6,9H,11H2,1-4H3. The lowest BCUT2D eigenvalue weighted by atomic mass is 9.94. The van der Waals surface area contributed by atoms with Gasteiger partial charge in [-0.3, -0.25) is 0 Å². The van der Waals surface area contributed by atoms with E-state index in [1.54, 1.807) is 18.4 Å². The summed E-state index contributed by atoms with van der Waals surface area (Å²) in [4.78, 5) is 1.29. The highest BCUT2D eigenvalue weighted by molar-refractivity contribution is 7.10. The molecule has 2 nitrogen and oxygen atoms in total. The lowest BCUT2D eigenvalue weighted by Gasteiger charge is -2.29. The largest absolute Gasteiger partial charge is 0.377 e. The summed E-state index contributed by atoms with van der Waals surface area (Å²) in [5.41, 5.74) is 6.94. The van der Waals surface area contributed by atoms with E-state index < -0.39 is 0 Å². The van der Waals surface area contributed by atoms with Gasteiger partial charge in [-0.1, -0.05) is 0 Å². The highest BCUT2D eigenvalue weighted by atomic mass is 32.1. The van der Waals surface area contributed by atoms with Crippen LogP contribution in [0.25, 0.3) is 0 Å². The quantitative estimate of drug-likeness (QED) is 0.811. The molecule has 0 aromatic carbocycles. The molecule has 0 saturated carbocycles. The van der Waals surface area contributed by atoms with Crippen LogP contribution in [0.3, 0.4) is 0 Å². The number of ether oxygens (including phenoxy) is 1. The van der Waals surface area contributed by atoms with Crippen LogP contribution in [0, 0.1) is 6.92 Å². The summed E-state index contributed by atoms with van der Waals surface area (Å²) in [7, 11) is 1.69. The molecule has 0 amide bonds. The molecule has 2 N–H and O–H groups in total.